The first-order valence-corrected chi connectivity index (χ1v) is 15.3. The van der Waals surface area contributed by atoms with Gasteiger partial charge in [-0.15, -0.1) is 11.3 Å². The molecule has 0 amide bonds. The Bertz CT molecular complexity index is 1600. The van der Waals surface area contributed by atoms with Gasteiger partial charge < -0.3 is 19.9 Å². The van der Waals surface area contributed by atoms with Crippen LogP contribution in [-0.4, -0.2) is 102 Å². The van der Waals surface area contributed by atoms with Crippen LogP contribution in [0.25, 0.3) is 0 Å². The highest BCUT2D eigenvalue weighted by atomic mass is 32.1. The summed E-state index contributed by atoms with van der Waals surface area (Å²) >= 11 is 1.26. The number of aliphatic carboxylic acids is 1. The number of alkyl halides is 2. The molecule has 16 heteroatoms. The first-order valence-electron chi connectivity index (χ1n) is 14.4. The van der Waals surface area contributed by atoms with Crippen molar-refractivity contribution in [3.05, 3.63) is 62.2 Å². The number of carboxylic acids is 1. The van der Waals surface area contributed by atoms with Gasteiger partial charge in [-0.2, -0.15) is 5.06 Å². The largest absolute Gasteiger partial charge is 0.481 e. The molecule has 0 aliphatic carbocycles. The number of esters is 1. The second kappa shape index (κ2) is 12.6. The molecule has 1 aromatic carbocycles. The summed E-state index contributed by atoms with van der Waals surface area (Å²) in [5, 5.41) is 16.1. The summed E-state index contributed by atoms with van der Waals surface area (Å²) in [6.07, 6.45) is -0.970. The van der Waals surface area contributed by atoms with Crippen LogP contribution >= 0.6 is 11.3 Å². The Morgan fingerprint density at radius 3 is 2.59 bits per heavy atom. The molecule has 4 atom stereocenters. The second-order valence-corrected chi connectivity index (χ2v) is 12.9. The average Bonchev–Trinajstić information content (AvgIpc) is 3.70. The van der Waals surface area contributed by atoms with Gasteiger partial charge in [-0.1, -0.05) is 6.07 Å². The van der Waals surface area contributed by atoms with Crippen molar-refractivity contribution in [3.8, 4) is 0 Å². The minimum Gasteiger partial charge on any atom is -0.481 e. The number of thiazole rings is 1. The SMILES string of the molecule is COC(=O)C1=C(CN2CC(F)(F)[C@@H]3[C@H]2CON3C[C@H](OC)C(C)(C)C(=O)O)NC(c2nc(C)cs2)=N[C@H]1c1ccc(F)c(F)c1C. The van der Waals surface area contributed by atoms with E-state index in [4.69, 9.17) is 14.3 Å². The first kappa shape index (κ1) is 33.9. The van der Waals surface area contributed by atoms with Crippen LogP contribution in [0.3, 0.4) is 0 Å². The van der Waals surface area contributed by atoms with Gasteiger partial charge in [0.15, 0.2) is 22.5 Å². The van der Waals surface area contributed by atoms with Gasteiger partial charge in [-0.25, -0.2) is 27.3 Å². The van der Waals surface area contributed by atoms with Crippen LogP contribution in [0.2, 0.25) is 0 Å². The Hall–Kier alpha value is -3.44. The Morgan fingerprint density at radius 1 is 1.26 bits per heavy atom. The number of aliphatic imine (C=N–C) groups is 1. The molecule has 0 spiro atoms. The number of rotatable bonds is 10. The fourth-order valence-corrected chi connectivity index (χ4v) is 6.83. The molecule has 5 rings (SSSR count). The maximum atomic E-state index is 15.7. The zero-order chi connectivity index (χ0) is 33.7. The van der Waals surface area contributed by atoms with E-state index < -0.39 is 65.7 Å². The number of nitrogens with one attached hydrogen (secondary N) is 1. The van der Waals surface area contributed by atoms with Crippen LogP contribution in [0.1, 0.15) is 41.7 Å². The Labute approximate surface area is 266 Å². The van der Waals surface area contributed by atoms with Crippen molar-refractivity contribution in [2.24, 2.45) is 10.4 Å². The maximum Gasteiger partial charge on any atom is 0.338 e. The number of aromatic nitrogens is 1. The second-order valence-electron chi connectivity index (χ2n) is 12.1. The molecule has 0 saturated carbocycles. The Kier molecular flexibility index (Phi) is 9.31. The van der Waals surface area contributed by atoms with Crippen LogP contribution in [0, 0.1) is 30.9 Å². The summed E-state index contributed by atoms with van der Waals surface area (Å²) in [5.74, 6) is -7.24. The number of carbonyl (C=O) groups is 2. The topological polar surface area (TPSA) is 126 Å². The number of methoxy groups -OCH3 is 2. The monoisotopic (exact) mass is 669 g/mol. The van der Waals surface area contributed by atoms with E-state index in [2.05, 4.69) is 15.3 Å². The molecule has 250 valence electrons. The van der Waals surface area contributed by atoms with Crippen LogP contribution in [0.4, 0.5) is 17.6 Å². The van der Waals surface area contributed by atoms with Gasteiger partial charge in [-0.05, 0) is 44.9 Å². The summed E-state index contributed by atoms with van der Waals surface area (Å²) in [6, 6.07) is -1.21. The van der Waals surface area contributed by atoms with E-state index in [1.54, 1.807) is 12.3 Å². The third-order valence-electron chi connectivity index (χ3n) is 8.78. The molecule has 4 heterocycles. The number of nitrogens with zero attached hydrogens (tertiary/aromatic N) is 4. The lowest BCUT2D eigenvalue weighted by molar-refractivity contribution is -0.205. The average molecular weight is 670 g/mol. The molecule has 0 radical (unpaired) electrons. The lowest BCUT2D eigenvalue weighted by Gasteiger charge is -2.34. The lowest BCUT2D eigenvalue weighted by atomic mass is 9.86. The highest BCUT2D eigenvalue weighted by molar-refractivity contribution is 7.11. The summed E-state index contributed by atoms with van der Waals surface area (Å²) in [4.78, 5) is 41.5. The van der Waals surface area contributed by atoms with Gasteiger partial charge >= 0.3 is 11.9 Å². The van der Waals surface area contributed by atoms with Crippen LogP contribution in [0.5, 0.6) is 0 Å². The molecule has 11 nitrogen and oxygen atoms in total. The molecule has 2 N–H and O–H groups in total. The third-order valence-corrected chi connectivity index (χ3v) is 9.74. The van der Waals surface area contributed by atoms with Crippen molar-refractivity contribution in [2.75, 3.05) is 40.5 Å². The van der Waals surface area contributed by atoms with E-state index >= 15 is 8.78 Å². The van der Waals surface area contributed by atoms with E-state index in [1.165, 1.54) is 50.2 Å². The van der Waals surface area contributed by atoms with E-state index in [-0.39, 0.29) is 47.9 Å². The fraction of sp³-hybridized carbons (Fsp3) is 0.533. The van der Waals surface area contributed by atoms with E-state index in [9.17, 15) is 23.5 Å². The molecule has 2 fully saturated rings. The number of benzene rings is 1. The third kappa shape index (κ3) is 6.03. The molecule has 0 unspecified atom stereocenters. The van der Waals surface area contributed by atoms with E-state index in [0.717, 1.165) is 18.2 Å². The fourth-order valence-electron chi connectivity index (χ4n) is 6.09. The first-order chi connectivity index (χ1) is 21.6. The number of hydrogen-bond donors (Lipinski definition) is 2. The number of fused-ring (bicyclic) bond motifs is 1. The van der Waals surface area contributed by atoms with Crippen molar-refractivity contribution in [1.29, 1.82) is 0 Å². The van der Waals surface area contributed by atoms with Gasteiger partial charge in [0.2, 0.25) is 0 Å². The molecule has 2 saturated heterocycles. The normalized spacial score (nSPS) is 24.0. The molecule has 1 aromatic heterocycles. The number of carboxylic acid groups (broad SMARTS) is 1. The Balaban J connectivity index is 1.53. The predicted octanol–water partition coefficient (Wildman–Crippen LogP) is 3.62. The smallest absolute Gasteiger partial charge is 0.338 e. The highest BCUT2D eigenvalue weighted by Gasteiger charge is 2.61. The minimum atomic E-state index is -3.30. The summed E-state index contributed by atoms with van der Waals surface area (Å²) in [7, 11) is 2.46. The van der Waals surface area contributed by atoms with Crippen molar-refractivity contribution in [2.45, 2.75) is 57.8 Å². The molecule has 46 heavy (non-hydrogen) atoms. The Morgan fingerprint density at radius 2 is 1.98 bits per heavy atom. The number of hydrogen-bond acceptors (Lipinski definition) is 11. The molecule has 2 aromatic rings. The molecular formula is C30H35F4N5O6S. The van der Waals surface area contributed by atoms with Gasteiger partial charge in [0.25, 0.3) is 5.92 Å². The van der Waals surface area contributed by atoms with Crippen LogP contribution < -0.4 is 5.32 Å². The summed E-state index contributed by atoms with van der Waals surface area (Å²) in [5.41, 5.74) is -0.465. The molecule has 0 bridgehead atoms. The van der Waals surface area contributed by atoms with Crippen LogP contribution in [0.15, 0.2) is 33.8 Å². The maximum absolute atomic E-state index is 15.7. The number of halogens is 4. The molecular weight excluding hydrogens is 634 g/mol. The lowest BCUT2D eigenvalue weighted by Crippen LogP contribution is -2.51. The number of aryl methyl sites for hydroxylation is 1. The van der Waals surface area contributed by atoms with Crippen molar-refractivity contribution in [3.63, 3.8) is 0 Å². The number of amidine groups is 1. The number of carbonyl (C=O) groups excluding carboxylic acids is 1. The van der Waals surface area contributed by atoms with Gasteiger partial charge in [0, 0.05) is 30.4 Å². The van der Waals surface area contributed by atoms with Gasteiger partial charge in [0.1, 0.15) is 12.1 Å². The number of ether oxygens (including phenoxy) is 2. The zero-order valence-corrected chi connectivity index (χ0v) is 26.9. The number of hydroxylamine groups is 2. The van der Waals surface area contributed by atoms with Crippen molar-refractivity contribution >= 4 is 29.1 Å². The highest BCUT2D eigenvalue weighted by Crippen LogP contribution is 2.43. The van der Waals surface area contributed by atoms with Crippen molar-refractivity contribution in [1.82, 2.24) is 20.3 Å². The minimum absolute atomic E-state index is 0.0566. The van der Waals surface area contributed by atoms with Gasteiger partial charge in [-0.3, -0.25) is 19.5 Å². The molecule has 3 aliphatic heterocycles. The van der Waals surface area contributed by atoms with Crippen molar-refractivity contribution < 1.29 is 46.6 Å². The predicted molar refractivity (Wildman–Crippen MR) is 158 cm³/mol. The van der Waals surface area contributed by atoms with E-state index in [0.29, 0.717) is 10.7 Å². The van der Waals surface area contributed by atoms with E-state index in [1.807, 2.05) is 0 Å². The standard InChI is InChI=1S/C30H35F4N5O6S/c1-14-12-46-26(35-14)25-36-18(21(27(40)44-6)23(37-25)16-7-8-17(31)22(32)15(16)2)9-38-13-30(33,34)24-19(38)11-45-39(24)10-20(43-5)29(3,4)28(41)42/h7-8,12,19-20,23-24H,9-11,13H2,1-6H3,(H,36,37)(H,41,42)/t19-,20+,23+,24+/m1/s1. The zero-order valence-electron chi connectivity index (χ0n) is 26.1. The van der Waals surface area contributed by atoms with Crippen LogP contribution in [-0.2, 0) is 23.9 Å². The molecule has 3 aliphatic rings. The van der Waals surface area contributed by atoms with Gasteiger partial charge in [0.05, 0.1) is 49.9 Å². The summed E-state index contributed by atoms with van der Waals surface area (Å²) < 4.78 is 70.9. The summed E-state index contributed by atoms with van der Waals surface area (Å²) in [6.45, 7) is 4.74. The quantitative estimate of drug-likeness (QED) is 0.286. The number of likely N-dealkylation sites (tertiary alicyclic amines) is 1.